The molecular formula is C21H23N3O3S2. The van der Waals surface area contributed by atoms with Crippen LogP contribution in [0.3, 0.4) is 0 Å². The van der Waals surface area contributed by atoms with Gasteiger partial charge in [-0.25, -0.2) is 13.4 Å². The molecule has 1 aliphatic rings. The summed E-state index contributed by atoms with van der Waals surface area (Å²) in [6.45, 7) is 5.21. The quantitative estimate of drug-likeness (QED) is 0.599. The first-order valence-corrected chi connectivity index (χ1v) is 11.9. The lowest BCUT2D eigenvalue weighted by Crippen LogP contribution is -2.28. The number of aryl methyl sites for hydroxylation is 2. The van der Waals surface area contributed by atoms with E-state index in [1.54, 1.807) is 18.2 Å². The fourth-order valence-corrected chi connectivity index (χ4v) is 6.21. The Morgan fingerprint density at radius 3 is 2.69 bits per heavy atom. The Labute approximate surface area is 174 Å². The molecule has 0 aliphatic carbocycles. The molecule has 152 valence electrons. The predicted molar refractivity (Wildman–Crippen MR) is 116 cm³/mol. The minimum Gasteiger partial charge on any atom is -0.354 e. The Morgan fingerprint density at radius 1 is 1.17 bits per heavy atom. The number of aromatic nitrogens is 1. The molecule has 2 aromatic carbocycles. The van der Waals surface area contributed by atoms with E-state index in [9.17, 15) is 13.2 Å². The van der Waals surface area contributed by atoms with Gasteiger partial charge in [-0.15, -0.1) is 0 Å². The van der Waals surface area contributed by atoms with Crippen LogP contribution in [0.25, 0.3) is 10.2 Å². The number of anilines is 1. The zero-order chi connectivity index (χ0) is 20.6. The fraction of sp³-hybridized carbons (Fsp3) is 0.333. The van der Waals surface area contributed by atoms with Crippen LogP contribution in [0.1, 0.15) is 34.3 Å². The zero-order valence-electron chi connectivity index (χ0n) is 16.4. The molecule has 3 aromatic rings. The number of Topliss-reactive ketones (excluding diaryl/α,β-unsaturated/α-hetero) is 1. The Kier molecular flexibility index (Phi) is 5.42. The van der Waals surface area contributed by atoms with Crippen LogP contribution in [0.5, 0.6) is 0 Å². The molecule has 0 bridgehead atoms. The summed E-state index contributed by atoms with van der Waals surface area (Å²) in [6.07, 6.45) is 1.76. The zero-order valence-corrected chi connectivity index (χ0v) is 18.1. The van der Waals surface area contributed by atoms with E-state index < -0.39 is 10.0 Å². The average molecular weight is 430 g/mol. The standard InChI is InChI=1S/C21H23N3O3S2/c1-14-10-15(2)20-19(11-14)28-21(23-20)22-13-18(25)16-6-5-7-17(12-16)29(26,27)24-8-3-4-9-24/h5-7,10-12H,3-4,8-9,13H2,1-2H3,(H,22,23). The van der Waals surface area contributed by atoms with Crippen LogP contribution in [-0.4, -0.2) is 43.1 Å². The van der Waals surface area contributed by atoms with Crippen molar-refractivity contribution in [2.24, 2.45) is 0 Å². The van der Waals surface area contributed by atoms with Crippen LogP contribution in [0.15, 0.2) is 41.3 Å². The molecule has 1 aliphatic heterocycles. The van der Waals surface area contributed by atoms with Gasteiger partial charge in [0.1, 0.15) is 0 Å². The molecule has 0 saturated carbocycles. The van der Waals surface area contributed by atoms with Crippen molar-refractivity contribution in [2.45, 2.75) is 31.6 Å². The number of fused-ring (bicyclic) bond motifs is 1. The third-order valence-electron chi connectivity index (χ3n) is 5.09. The number of nitrogens with zero attached hydrogens (tertiary/aromatic N) is 2. The van der Waals surface area contributed by atoms with Gasteiger partial charge in [-0.2, -0.15) is 4.31 Å². The molecule has 1 saturated heterocycles. The molecule has 1 N–H and O–H groups in total. The van der Waals surface area contributed by atoms with E-state index in [4.69, 9.17) is 0 Å². The van der Waals surface area contributed by atoms with Crippen LogP contribution in [0.4, 0.5) is 5.13 Å². The maximum Gasteiger partial charge on any atom is 0.243 e. The number of sulfonamides is 1. The summed E-state index contributed by atoms with van der Waals surface area (Å²) in [5.41, 5.74) is 3.60. The summed E-state index contributed by atoms with van der Waals surface area (Å²) in [4.78, 5) is 17.4. The summed E-state index contributed by atoms with van der Waals surface area (Å²) < 4.78 is 28.0. The number of hydrogen-bond donors (Lipinski definition) is 1. The number of hydrogen-bond acceptors (Lipinski definition) is 6. The molecule has 0 atom stereocenters. The van der Waals surface area contributed by atoms with Gasteiger partial charge in [0.05, 0.1) is 21.7 Å². The van der Waals surface area contributed by atoms with Crippen molar-refractivity contribution in [3.8, 4) is 0 Å². The molecule has 1 aromatic heterocycles. The second-order valence-corrected chi connectivity index (χ2v) is 10.3. The van der Waals surface area contributed by atoms with Crippen molar-refractivity contribution in [2.75, 3.05) is 25.0 Å². The highest BCUT2D eigenvalue weighted by Gasteiger charge is 2.27. The van der Waals surface area contributed by atoms with E-state index in [0.717, 1.165) is 28.6 Å². The van der Waals surface area contributed by atoms with Gasteiger partial charge >= 0.3 is 0 Å². The molecule has 8 heteroatoms. The molecular weight excluding hydrogens is 406 g/mol. The van der Waals surface area contributed by atoms with E-state index in [0.29, 0.717) is 23.8 Å². The summed E-state index contributed by atoms with van der Waals surface area (Å²) >= 11 is 1.51. The smallest absolute Gasteiger partial charge is 0.243 e. The van der Waals surface area contributed by atoms with Gasteiger partial charge in [0.2, 0.25) is 10.0 Å². The molecule has 2 heterocycles. The first-order valence-electron chi connectivity index (χ1n) is 9.60. The maximum absolute atomic E-state index is 12.7. The number of ketones is 1. The third-order valence-corrected chi connectivity index (χ3v) is 7.94. The van der Waals surface area contributed by atoms with Gasteiger partial charge < -0.3 is 5.32 Å². The second kappa shape index (κ2) is 7.85. The van der Waals surface area contributed by atoms with E-state index >= 15 is 0 Å². The van der Waals surface area contributed by atoms with Crippen LogP contribution in [0, 0.1) is 13.8 Å². The van der Waals surface area contributed by atoms with Gasteiger partial charge in [0.15, 0.2) is 10.9 Å². The van der Waals surface area contributed by atoms with Crippen LogP contribution in [-0.2, 0) is 10.0 Å². The Hall–Kier alpha value is -2.29. The number of benzene rings is 2. The third kappa shape index (κ3) is 4.05. The largest absolute Gasteiger partial charge is 0.354 e. The number of thiazole rings is 1. The lowest BCUT2D eigenvalue weighted by molar-refractivity contribution is 0.101. The molecule has 4 rings (SSSR count). The average Bonchev–Trinajstić information content (AvgIpc) is 3.36. The molecule has 0 unspecified atom stereocenters. The number of carbonyl (C=O) groups excluding carboxylic acids is 1. The van der Waals surface area contributed by atoms with Crippen LogP contribution in [0.2, 0.25) is 0 Å². The monoisotopic (exact) mass is 429 g/mol. The SMILES string of the molecule is Cc1cc(C)c2nc(NCC(=O)c3cccc(S(=O)(=O)N4CCCC4)c3)sc2c1. The predicted octanol–water partition coefficient (Wildman–Crippen LogP) is 3.99. The number of nitrogens with one attached hydrogen (secondary N) is 1. The Bertz CT molecular complexity index is 1180. The fourth-order valence-electron chi connectivity index (χ4n) is 3.61. The lowest BCUT2D eigenvalue weighted by atomic mass is 10.1. The second-order valence-electron chi connectivity index (χ2n) is 7.36. The molecule has 6 nitrogen and oxygen atoms in total. The van der Waals surface area contributed by atoms with E-state index in [1.165, 1.54) is 27.3 Å². The van der Waals surface area contributed by atoms with Crippen molar-refractivity contribution in [3.05, 3.63) is 53.1 Å². The molecule has 0 amide bonds. The van der Waals surface area contributed by atoms with Crippen LogP contribution >= 0.6 is 11.3 Å². The molecule has 0 radical (unpaired) electrons. The van der Waals surface area contributed by atoms with Gasteiger partial charge in [-0.1, -0.05) is 29.5 Å². The first kappa shape index (κ1) is 20.0. The summed E-state index contributed by atoms with van der Waals surface area (Å²) in [6, 6.07) is 10.5. The normalized spacial score (nSPS) is 15.1. The van der Waals surface area contributed by atoms with Crippen molar-refractivity contribution >= 4 is 42.5 Å². The topological polar surface area (TPSA) is 79.4 Å². The van der Waals surface area contributed by atoms with E-state index in [-0.39, 0.29) is 17.2 Å². The lowest BCUT2D eigenvalue weighted by Gasteiger charge is -2.15. The van der Waals surface area contributed by atoms with Gasteiger partial charge in [-0.3, -0.25) is 4.79 Å². The van der Waals surface area contributed by atoms with Gasteiger partial charge in [0, 0.05) is 18.7 Å². The van der Waals surface area contributed by atoms with E-state index in [1.807, 2.05) is 13.8 Å². The highest BCUT2D eigenvalue weighted by atomic mass is 32.2. The molecule has 1 fully saturated rings. The summed E-state index contributed by atoms with van der Waals surface area (Å²) in [7, 11) is -3.54. The molecule has 29 heavy (non-hydrogen) atoms. The van der Waals surface area contributed by atoms with Crippen molar-refractivity contribution in [1.82, 2.24) is 9.29 Å². The van der Waals surface area contributed by atoms with Crippen molar-refractivity contribution < 1.29 is 13.2 Å². The van der Waals surface area contributed by atoms with Crippen molar-refractivity contribution in [1.29, 1.82) is 0 Å². The van der Waals surface area contributed by atoms with E-state index in [2.05, 4.69) is 22.4 Å². The Morgan fingerprint density at radius 2 is 1.93 bits per heavy atom. The molecule has 0 spiro atoms. The summed E-state index contributed by atoms with van der Waals surface area (Å²) in [5, 5.41) is 3.77. The minimum absolute atomic E-state index is 0.0606. The minimum atomic E-state index is -3.54. The maximum atomic E-state index is 12.7. The summed E-state index contributed by atoms with van der Waals surface area (Å²) in [5.74, 6) is -0.171. The Balaban J connectivity index is 1.50. The first-order chi connectivity index (χ1) is 13.8. The highest BCUT2D eigenvalue weighted by molar-refractivity contribution is 7.89. The van der Waals surface area contributed by atoms with Crippen LogP contribution < -0.4 is 5.32 Å². The van der Waals surface area contributed by atoms with Gasteiger partial charge in [-0.05, 0) is 56.0 Å². The van der Waals surface area contributed by atoms with Gasteiger partial charge in [0.25, 0.3) is 0 Å². The number of rotatable bonds is 6. The van der Waals surface area contributed by atoms with Crippen molar-refractivity contribution in [3.63, 3.8) is 0 Å². The number of carbonyl (C=O) groups is 1. The highest BCUT2D eigenvalue weighted by Crippen LogP contribution is 2.29.